The van der Waals surface area contributed by atoms with Crippen LogP contribution in [0.25, 0.3) is 0 Å². The molecular weight excluding hydrogens is 1230 g/mol. The average Bonchev–Trinajstić information content (AvgIpc) is 1.61. The minimum absolute atomic E-state index is 0.0620. The maximum absolute atomic E-state index is 14.3. The highest BCUT2D eigenvalue weighted by Gasteiger charge is 2.45. The first-order valence-corrected chi connectivity index (χ1v) is 33.2. The number of imide groups is 1. The van der Waals surface area contributed by atoms with E-state index in [9.17, 15) is 43.5 Å². The number of aliphatic hydroxyl groups is 1. The molecule has 3 aromatic rings. The fraction of sp³-hybridized carbons (Fsp3) is 0.403. The molecule has 5 heterocycles. The first kappa shape index (κ1) is 69.9. The van der Waals surface area contributed by atoms with Gasteiger partial charge in [-0.15, -0.1) is 11.8 Å². The molecule has 3 aromatic carbocycles. The zero-order chi connectivity index (χ0) is 67.7. The number of unbranched alkanes of at least 4 members (excludes halogenated alkanes) is 4. The normalized spacial score (nSPS) is 20.8. The van der Waals surface area contributed by atoms with E-state index in [1.54, 1.807) is 67.6 Å². The molecule has 0 bridgehead atoms. The highest BCUT2D eigenvalue weighted by Crippen LogP contribution is 2.43. The van der Waals surface area contributed by atoms with Crippen molar-refractivity contribution in [2.24, 2.45) is 10.9 Å². The number of amides is 8. The molecule has 502 valence electrons. The van der Waals surface area contributed by atoms with Crippen LogP contribution in [0.4, 0.5) is 21.9 Å². The van der Waals surface area contributed by atoms with E-state index in [0.29, 0.717) is 91.3 Å². The van der Waals surface area contributed by atoms with Crippen molar-refractivity contribution in [1.29, 1.82) is 0 Å². The zero-order valence-corrected chi connectivity index (χ0v) is 55.6. The Morgan fingerprint density at radius 3 is 2.02 bits per heavy atom. The van der Waals surface area contributed by atoms with Gasteiger partial charge in [0.1, 0.15) is 18.7 Å². The molecule has 0 spiro atoms. The fourth-order valence-electron chi connectivity index (χ4n) is 11.6. The Kier molecular flexibility index (Phi) is 24.3. The summed E-state index contributed by atoms with van der Waals surface area (Å²) < 4.78 is 29.5. The molecule has 0 saturated carbocycles. The Labute approximate surface area is 558 Å². The van der Waals surface area contributed by atoms with Crippen molar-refractivity contribution in [3.63, 3.8) is 0 Å². The fourth-order valence-corrected chi connectivity index (χ4v) is 12.7. The highest BCUT2D eigenvalue weighted by molar-refractivity contribution is 8.00. The van der Waals surface area contributed by atoms with Crippen LogP contribution in [-0.2, 0) is 35.3 Å². The standard InChI is InChI=1S/C72H84N8O14S/c1-45(2)65(76-63(81)25-19-15-20-30-77-64(82)39-62(71(77)88)95-44-50-23-17-13-11-9-8-10-12-14-18-24-50)67(84)74-48(5)66(83)75-51-28-26-49(27-29-51)43-94-72(89)80-56-38-61(59(91-7)36-54(56)69(86)79-42-47(4)34-57(79)70(80)87)93-32-22-16-21-31-92-60-37-55-53(35-58(60)90-6)68(85)78-41-46(3)33-52(78)40-73-55/h8-14,17-18,23-24,26-29,35-38,40-42,45,48,52,57,62,65,70,87H,15-16,19-22,25,30-34,39,43-44H2,1-7H3,(H,74,84)(H,75,83)(H,76,81)/b9-8-,10-8?,11-9?,12-10-,13-11-,14-12?,17-13?,18-14-,23-17?,24-18?,50-23?,50-24?/t48-,52-,57-,62?,65-,70-/m0/s1. The van der Waals surface area contributed by atoms with Gasteiger partial charge in [-0.25, -0.2) is 9.69 Å². The van der Waals surface area contributed by atoms with Crippen LogP contribution < -0.4 is 39.8 Å². The summed E-state index contributed by atoms with van der Waals surface area (Å²) in [5, 5.41) is 19.8. The average molecular weight is 1320 g/mol. The van der Waals surface area contributed by atoms with Crippen molar-refractivity contribution in [3.05, 3.63) is 161 Å². The number of ether oxygens (including phenoxy) is 5. The lowest BCUT2D eigenvalue weighted by molar-refractivity contribution is -0.138. The molecule has 1 fully saturated rings. The predicted octanol–water partition coefficient (Wildman–Crippen LogP) is 10.5. The number of aliphatic imine (C=N–C) groups is 1. The third-order valence-corrected chi connectivity index (χ3v) is 18.1. The van der Waals surface area contributed by atoms with E-state index in [4.69, 9.17) is 23.7 Å². The number of nitrogens with one attached hydrogen (secondary N) is 3. The van der Waals surface area contributed by atoms with Crippen LogP contribution in [0.15, 0.2) is 149 Å². The number of rotatable bonds is 27. The summed E-state index contributed by atoms with van der Waals surface area (Å²) in [7, 11) is 2.97. The van der Waals surface area contributed by atoms with Gasteiger partial charge in [-0.05, 0) is 107 Å². The number of benzene rings is 3. The number of anilines is 2. The Morgan fingerprint density at radius 2 is 1.33 bits per heavy atom. The highest BCUT2D eigenvalue weighted by atomic mass is 32.2. The van der Waals surface area contributed by atoms with E-state index in [-0.39, 0.29) is 90.9 Å². The maximum Gasteiger partial charge on any atom is 0.416 e. The second kappa shape index (κ2) is 33.1. The Bertz CT molecular complexity index is 3680. The van der Waals surface area contributed by atoms with Crippen molar-refractivity contribution in [2.75, 3.05) is 49.9 Å². The van der Waals surface area contributed by atoms with E-state index in [0.717, 1.165) is 28.0 Å². The SMILES string of the molecule is COc1cc2c(cc1OCCCCCOc1cc3c(cc1OC)C(=O)N1C=C(C)C[C@H]1[C@H](O)N3C(=O)OCc1ccc(NC(=O)[C@H](C)NC(=O)[C@@H](NC(=O)CCCCCN3C(=O)CC(SCC4=C\C=C/C=C\C=C/C=C\C=C4)C3=O)C(C)C)cc1)N=C[C@@H]1CC(C)=CN1C2=O. The number of carbonyl (C=O) groups is 8. The van der Waals surface area contributed by atoms with E-state index < -0.39 is 53.4 Å². The molecule has 22 nitrogen and oxygen atoms in total. The molecule has 6 atom stereocenters. The van der Waals surface area contributed by atoms with Gasteiger partial charge in [-0.2, -0.15) is 0 Å². The molecule has 5 aliphatic heterocycles. The number of methoxy groups -OCH3 is 2. The Morgan fingerprint density at radius 1 is 0.695 bits per heavy atom. The van der Waals surface area contributed by atoms with Crippen LogP contribution in [0.3, 0.4) is 0 Å². The molecule has 6 aliphatic rings. The predicted molar refractivity (Wildman–Crippen MR) is 364 cm³/mol. The summed E-state index contributed by atoms with van der Waals surface area (Å²) in [5.41, 5.74) is 4.96. The molecule has 1 unspecified atom stereocenters. The second-order valence-corrected chi connectivity index (χ2v) is 25.6. The molecular formula is C72H84N8O14S. The number of carbonyl (C=O) groups excluding carboxylic acids is 8. The molecule has 1 aliphatic carbocycles. The van der Waals surface area contributed by atoms with Crippen molar-refractivity contribution in [1.82, 2.24) is 25.3 Å². The van der Waals surface area contributed by atoms with E-state index in [1.165, 1.54) is 54.8 Å². The lowest BCUT2D eigenvalue weighted by atomic mass is 10.0. The smallest absolute Gasteiger partial charge is 0.416 e. The topological polar surface area (TPSA) is 264 Å². The molecule has 0 radical (unpaired) electrons. The van der Waals surface area contributed by atoms with Gasteiger partial charge in [0.05, 0.1) is 67.3 Å². The Hall–Kier alpha value is -9.48. The summed E-state index contributed by atoms with van der Waals surface area (Å²) in [6.07, 6.45) is 29.0. The van der Waals surface area contributed by atoms with Gasteiger partial charge in [0.15, 0.2) is 29.2 Å². The maximum atomic E-state index is 14.3. The largest absolute Gasteiger partial charge is 0.493 e. The Balaban J connectivity index is 0.718. The van der Waals surface area contributed by atoms with E-state index >= 15 is 0 Å². The number of hydrogen-bond donors (Lipinski definition) is 4. The number of allylic oxidation sites excluding steroid dienone is 11. The van der Waals surface area contributed by atoms with Crippen molar-refractivity contribution in [2.45, 2.75) is 141 Å². The summed E-state index contributed by atoms with van der Waals surface area (Å²) in [4.78, 5) is 118. The molecule has 8 amide bonds. The van der Waals surface area contributed by atoms with Gasteiger partial charge < -0.3 is 54.5 Å². The molecule has 1 saturated heterocycles. The van der Waals surface area contributed by atoms with Crippen LogP contribution in [0.2, 0.25) is 0 Å². The monoisotopic (exact) mass is 1320 g/mol. The summed E-state index contributed by atoms with van der Waals surface area (Å²) >= 11 is 1.45. The van der Waals surface area contributed by atoms with Gasteiger partial charge in [-0.3, -0.25) is 43.5 Å². The second-order valence-electron chi connectivity index (χ2n) is 24.4. The number of thioether (sulfide) groups is 1. The molecule has 95 heavy (non-hydrogen) atoms. The number of fused-ring (bicyclic) bond motifs is 4. The first-order valence-electron chi connectivity index (χ1n) is 32.2. The number of likely N-dealkylation sites (tertiary alicyclic amines) is 1. The third kappa shape index (κ3) is 17.9. The lowest BCUT2D eigenvalue weighted by Gasteiger charge is -2.31. The first-order chi connectivity index (χ1) is 45.8. The van der Waals surface area contributed by atoms with Crippen LogP contribution >= 0.6 is 11.8 Å². The molecule has 0 aromatic heterocycles. The van der Waals surface area contributed by atoms with Gasteiger partial charge in [-0.1, -0.05) is 110 Å². The van der Waals surface area contributed by atoms with Gasteiger partial charge >= 0.3 is 6.09 Å². The van der Waals surface area contributed by atoms with Crippen LogP contribution in [0, 0.1) is 5.92 Å². The van der Waals surface area contributed by atoms with Gasteiger partial charge in [0.25, 0.3) is 11.8 Å². The summed E-state index contributed by atoms with van der Waals surface area (Å²) in [6.45, 7) is 9.51. The van der Waals surface area contributed by atoms with Gasteiger partial charge in [0, 0.05) is 61.6 Å². The van der Waals surface area contributed by atoms with Crippen LogP contribution in [0.1, 0.15) is 125 Å². The zero-order valence-electron chi connectivity index (χ0n) is 54.7. The number of nitrogens with zero attached hydrogens (tertiary/aromatic N) is 5. The van der Waals surface area contributed by atoms with Crippen molar-refractivity contribution in [3.8, 4) is 23.0 Å². The summed E-state index contributed by atoms with van der Waals surface area (Å²) in [5.74, 6) is -0.791. The van der Waals surface area contributed by atoms with E-state index in [2.05, 4.69) is 20.9 Å². The lowest BCUT2D eigenvalue weighted by Crippen LogP contribution is -2.53. The number of aliphatic hydroxyl groups excluding tert-OH is 1. The van der Waals surface area contributed by atoms with Crippen LogP contribution in [0.5, 0.6) is 23.0 Å². The van der Waals surface area contributed by atoms with Crippen molar-refractivity contribution < 1.29 is 67.1 Å². The summed E-state index contributed by atoms with van der Waals surface area (Å²) in [6, 6.07) is 9.98. The van der Waals surface area contributed by atoms with E-state index in [1.807, 2.05) is 86.9 Å². The third-order valence-electron chi connectivity index (χ3n) is 16.8. The number of hydrogen-bond acceptors (Lipinski definition) is 16. The quantitative estimate of drug-likeness (QED) is 0.0408. The molecule has 9 rings (SSSR count). The van der Waals surface area contributed by atoms with Gasteiger partial charge in [0.2, 0.25) is 29.5 Å². The van der Waals surface area contributed by atoms with Crippen LogP contribution in [-0.4, -0.2) is 149 Å². The molecule has 4 N–H and O–H groups in total. The van der Waals surface area contributed by atoms with Crippen molar-refractivity contribution >= 4 is 82.5 Å². The minimum Gasteiger partial charge on any atom is -0.493 e. The molecule has 23 heteroatoms. The minimum atomic E-state index is -1.52.